The molecule has 0 fully saturated rings. The first-order valence-corrected chi connectivity index (χ1v) is 9.09. The number of hydrogen-bond acceptors (Lipinski definition) is 5. The first-order valence-electron chi connectivity index (χ1n) is 9.09. The number of hydrogen-bond donors (Lipinski definition) is 0. The van der Waals surface area contributed by atoms with Crippen molar-refractivity contribution in [1.29, 1.82) is 0 Å². The van der Waals surface area contributed by atoms with Crippen LogP contribution in [-0.2, 0) is 14.3 Å². The lowest BCUT2D eigenvalue weighted by Crippen LogP contribution is -2.24. The predicted octanol–water partition coefficient (Wildman–Crippen LogP) is 4.17. The highest BCUT2D eigenvalue weighted by molar-refractivity contribution is 6.24. The number of nitrogens with zero attached hydrogens (tertiary/aromatic N) is 2. The van der Waals surface area contributed by atoms with Gasteiger partial charge in [-0.15, -0.1) is 0 Å². The second-order valence-electron chi connectivity index (χ2n) is 6.53. The van der Waals surface area contributed by atoms with Crippen LogP contribution in [0.5, 0.6) is 0 Å². The fourth-order valence-electron chi connectivity index (χ4n) is 3.22. The van der Waals surface area contributed by atoms with Crippen LogP contribution in [0.25, 0.3) is 6.08 Å². The molecular weight excluding hydrogens is 372 g/mol. The second kappa shape index (κ2) is 8.10. The van der Waals surface area contributed by atoms with Crippen LogP contribution in [0.3, 0.4) is 0 Å². The standard InChI is InChI=1S/C22H20N2O5/c1-4-29-22(26)20-15(3)23(17-11-9-14(2)10-12-17)21(25)18(20)13-16-7-5-6-8-19(16)24(27)28/h5-13H,4H2,1-3H3/b18-13+. The molecule has 29 heavy (non-hydrogen) atoms. The Morgan fingerprint density at radius 3 is 2.41 bits per heavy atom. The lowest BCUT2D eigenvalue weighted by molar-refractivity contribution is -0.385. The van der Waals surface area contributed by atoms with E-state index in [4.69, 9.17) is 4.74 Å². The number of nitro benzene ring substituents is 1. The lowest BCUT2D eigenvalue weighted by Gasteiger charge is -2.18. The zero-order valence-corrected chi connectivity index (χ0v) is 16.3. The van der Waals surface area contributed by atoms with E-state index in [0.717, 1.165) is 5.56 Å². The van der Waals surface area contributed by atoms with E-state index in [-0.39, 0.29) is 29.0 Å². The van der Waals surface area contributed by atoms with Gasteiger partial charge in [-0.2, -0.15) is 0 Å². The molecule has 2 aromatic rings. The van der Waals surface area contributed by atoms with Gasteiger partial charge in [0.25, 0.3) is 11.6 Å². The van der Waals surface area contributed by atoms with Crippen LogP contribution in [0.1, 0.15) is 25.0 Å². The molecule has 0 spiro atoms. The van der Waals surface area contributed by atoms with Gasteiger partial charge in [0.2, 0.25) is 0 Å². The number of aryl methyl sites for hydroxylation is 1. The van der Waals surface area contributed by atoms with Crippen molar-refractivity contribution in [3.8, 4) is 0 Å². The van der Waals surface area contributed by atoms with Crippen molar-refractivity contribution in [3.63, 3.8) is 0 Å². The Morgan fingerprint density at radius 1 is 1.14 bits per heavy atom. The smallest absolute Gasteiger partial charge is 0.340 e. The number of esters is 1. The Kier molecular flexibility index (Phi) is 5.59. The summed E-state index contributed by atoms with van der Waals surface area (Å²) in [6.45, 7) is 5.41. The molecule has 3 rings (SSSR count). The third kappa shape index (κ3) is 3.80. The SMILES string of the molecule is CCOC(=O)C1=C(C)N(c2ccc(C)cc2)C(=O)/C1=C/c1ccccc1[N+](=O)[O-]. The molecule has 0 saturated heterocycles. The van der Waals surface area contributed by atoms with E-state index >= 15 is 0 Å². The minimum Gasteiger partial charge on any atom is -0.462 e. The molecule has 0 bridgehead atoms. The van der Waals surface area contributed by atoms with E-state index in [1.54, 1.807) is 38.1 Å². The maximum atomic E-state index is 13.2. The van der Waals surface area contributed by atoms with Crippen LogP contribution in [0.4, 0.5) is 11.4 Å². The highest BCUT2D eigenvalue weighted by Gasteiger charge is 2.38. The number of carbonyl (C=O) groups excluding carboxylic acids is 2. The topological polar surface area (TPSA) is 89.8 Å². The van der Waals surface area contributed by atoms with Gasteiger partial charge in [0.05, 0.1) is 28.2 Å². The van der Waals surface area contributed by atoms with Crippen LogP contribution in [0, 0.1) is 17.0 Å². The van der Waals surface area contributed by atoms with Gasteiger partial charge >= 0.3 is 5.97 Å². The van der Waals surface area contributed by atoms with Crippen molar-refractivity contribution in [2.24, 2.45) is 0 Å². The molecule has 0 atom stereocenters. The summed E-state index contributed by atoms with van der Waals surface area (Å²) >= 11 is 0. The van der Waals surface area contributed by atoms with Gasteiger partial charge in [0.1, 0.15) is 0 Å². The summed E-state index contributed by atoms with van der Waals surface area (Å²) in [5.74, 6) is -1.08. The van der Waals surface area contributed by atoms with E-state index in [1.165, 1.54) is 23.1 Å². The number of rotatable bonds is 5. The van der Waals surface area contributed by atoms with Crippen LogP contribution in [-0.4, -0.2) is 23.4 Å². The fraction of sp³-hybridized carbons (Fsp3) is 0.182. The fourth-order valence-corrected chi connectivity index (χ4v) is 3.22. The molecule has 1 amide bonds. The van der Waals surface area contributed by atoms with Crippen LogP contribution in [0.15, 0.2) is 65.4 Å². The average Bonchev–Trinajstić information content (AvgIpc) is 2.93. The molecule has 0 saturated carbocycles. The molecule has 0 N–H and O–H groups in total. The predicted molar refractivity (Wildman–Crippen MR) is 109 cm³/mol. The Hall–Kier alpha value is -3.74. The molecule has 0 aromatic heterocycles. The Bertz CT molecular complexity index is 1050. The molecule has 0 aliphatic carbocycles. The van der Waals surface area contributed by atoms with E-state index in [1.807, 2.05) is 19.1 Å². The highest BCUT2D eigenvalue weighted by Crippen LogP contribution is 2.36. The van der Waals surface area contributed by atoms with E-state index in [2.05, 4.69) is 0 Å². The summed E-state index contributed by atoms with van der Waals surface area (Å²) in [5.41, 5.74) is 2.31. The van der Waals surface area contributed by atoms with Crippen molar-refractivity contribution in [2.75, 3.05) is 11.5 Å². The summed E-state index contributed by atoms with van der Waals surface area (Å²) in [7, 11) is 0. The van der Waals surface area contributed by atoms with E-state index in [0.29, 0.717) is 11.4 Å². The summed E-state index contributed by atoms with van der Waals surface area (Å²) in [4.78, 5) is 38.1. The minimum atomic E-state index is -0.641. The molecule has 1 aliphatic rings. The number of carbonyl (C=O) groups is 2. The second-order valence-corrected chi connectivity index (χ2v) is 6.53. The normalized spacial score (nSPS) is 15.2. The Balaban J connectivity index is 2.17. The van der Waals surface area contributed by atoms with Gasteiger partial charge in [0, 0.05) is 17.5 Å². The monoisotopic (exact) mass is 392 g/mol. The molecule has 0 unspecified atom stereocenters. The first kappa shape index (κ1) is 20.0. The van der Waals surface area contributed by atoms with Gasteiger partial charge < -0.3 is 4.74 Å². The van der Waals surface area contributed by atoms with Gasteiger partial charge in [-0.3, -0.25) is 19.8 Å². The average molecular weight is 392 g/mol. The molecule has 2 aromatic carbocycles. The third-order valence-corrected chi connectivity index (χ3v) is 4.61. The number of nitro groups is 1. The molecule has 7 heteroatoms. The number of benzene rings is 2. The zero-order valence-electron chi connectivity index (χ0n) is 16.3. The molecule has 1 aliphatic heterocycles. The van der Waals surface area contributed by atoms with Crippen molar-refractivity contribution < 1.29 is 19.2 Å². The van der Waals surface area contributed by atoms with Gasteiger partial charge in [-0.25, -0.2) is 4.79 Å². The first-order chi connectivity index (χ1) is 13.8. The molecule has 0 radical (unpaired) electrons. The maximum absolute atomic E-state index is 13.2. The largest absolute Gasteiger partial charge is 0.462 e. The van der Waals surface area contributed by atoms with Crippen LogP contribution < -0.4 is 4.90 Å². The van der Waals surface area contributed by atoms with Gasteiger partial charge in [0.15, 0.2) is 0 Å². The van der Waals surface area contributed by atoms with Gasteiger partial charge in [-0.1, -0.05) is 29.8 Å². The molecule has 1 heterocycles. The highest BCUT2D eigenvalue weighted by atomic mass is 16.6. The molecular formula is C22H20N2O5. The van der Waals surface area contributed by atoms with Crippen molar-refractivity contribution >= 4 is 29.3 Å². The van der Waals surface area contributed by atoms with Crippen molar-refractivity contribution in [2.45, 2.75) is 20.8 Å². The van der Waals surface area contributed by atoms with Crippen molar-refractivity contribution in [1.82, 2.24) is 0 Å². The Morgan fingerprint density at radius 2 is 1.79 bits per heavy atom. The summed E-state index contributed by atoms with van der Waals surface area (Å²) in [6.07, 6.45) is 1.38. The summed E-state index contributed by atoms with van der Waals surface area (Å²) in [5, 5.41) is 11.4. The number of para-hydroxylation sites is 1. The summed E-state index contributed by atoms with van der Waals surface area (Å²) in [6, 6.07) is 13.4. The van der Waals surface area contributed by atoms with Crippen molar-refractivity contribution in [3.05, 3.63) is 86.6 Å². The Labute approximate surface area is 168 Å². The van der Waals surface area contributed by atoms with E-state index < -0.39 is 16.8 Å². The lowest BCUT2D eigenvalue weighted by atomic mass is 10.0. The number of ether oxygens (including phenoxy) is 1. The third-order valence-electron chi connectivity index (χ3n) is 4.61. The number of amides is 1. The quantitative estimate of drug-likeness (QED) is 0.330. The van der Waals surface area contributed by atoms with Crippen LogP contribution >= 0.6 is 0 Å². The summed E-state index contributed by atoms with van der Waals surface area (Å²) < 4.78 is 5.14. The van der Waals surface area contributed by atoms with Crippen LogP contribution in [0.2, 0.25) is 0 Å². The minimum absolute atomic E-state index is 0.0656. The molecule has 7 nitrogen and oxygen atoms in total. The number of anilines is 1. The number of allylic oxidation sites excluding steroid dienone is 1. The maximum Gasteiger partial charge on any atom is 0.340 e. The zero-order chi connectivity index (χ0) is 21.1. The molecule has 148 valence electrons. The van der Waals surface area contributed by atoms with Gasteiger partial charge in [-0.05, 0) is 45.0 Å². The van der Waals surface area contributed by atoms with E-state index in [9.17, 15) is 19.7 Å².